The molecule has 1 aromatic carbocycles. The lowest BCUT2D eigenvalue weighted by Crippen LogP contribution is -2.33. The van der Waals surface area contributed by atoms with Crippen molar-refractivity contribution in [1.29, 1.82) is 0 Å². The van der Waals surface area contributed by atoms with Gasteiger partial charge in [0.05, 0.1) is 17.1 Å². The number of carbonyl (C=O) groups is 1. The third kappa shape index (κ3) is 3.14. The molecule has 110 valence electrons. The molecule has 0 aliphatic heterocycles. The summed E-state index contributed by atoms with van der Waals surface area (Å²) in [7, 11) is 1.94. The van der Waals surface area contributed by atoms with Crippen LogP contribution in [0.3, 0.4) is 0 Å². The average molecular weight is 369 g/mol. The molecule has 1 aliphatic carbocycles. The van der Waals surface area contributed by atoms with Crippen molar-refractivity contribution in [3.63, 3.8) is 0 Å². The van der Waals surface area contributed by atoms with Gasteiger partial charge in [-0.1, -0.05) is 27.5 Å². The van der Waals surface area contributed by atoms with Crippen LogP contribution in [0.5, 0.6) is 0 Å². The molecule has 0 radical (unpaired) electrons. The quantitative estimate of drug-likeness (QED) is 0.826. The number of aryl methyl sites for hydroxylation is 1. The zero-order valence-electron chi connectivity index (χ0n) is 11.6. The Morgan fingerprint density at radius 2 is 2.29 bits per heavy atom. The van der Waals surface area contributed by atoms with E-state index in [1.165, 1.54) is 0 Å². The van der Waals surface area contributed by atoms with Crippen molar-refractivity contribution in [3.8, 4) is 0 Å². The largest absolute Gasteiger partial charge is 0.337 e. The van der Waals surface area contributed by atoms with Gasteiger partial charge in [0.25, 0.3) is 5.91 Å². The summed E-state index contributed by atoms with van der Waals surface area (Å²) in [6.45, 7) is 0.513. The smallest absolute Gasteiger partial charge is 0.256 e. The average Bonchev–Trinajstić information content (AvgIpc) is 3.19. The fourth-order valence-corrected chi connectivity index (χ4v) is 3.03. The number of halogens is 2. The van der Waals surface area contributed by atoms with Gasteiger partial charge in [-0.05, 0) is 31.0 Å². The number of nitrogens with zero attached hydrogens (tertiary/aromatic N) is 3. The topological polar surface area (TPSA) is 38.1 Å². The molecule has 0 spiro atoms. The molecular weight excluding hydrogens is 354 g/mol. The minimum Gasteiger partial charge on any atom is -0.337 e. The number of hydrogen-bond donors (Lipinski definition) is 0. The van der Waals surface area contributed by atoms with Crippen molar-refractivity contribution < 1.29 is 4.79 Å². The molecule has 2 aromatic rings. The molecular formula is C15H15BrClN3O. The molecule has 4 nitrogen and oxygen atoms in total. The number of hydrogen-bond acceptors (Lipinski definition) is 2. The fourth-order valence-electron chi connectivity index (χ4n) is 2.27. The van der Waals surface area contributed by atoms with E-state index in [9.17, 15) is 4.79 Å². The van der Waals surface area contributed by atoms with Crippen molar-refractivity contribution >= 4 is 33.4 Å². The molecule has 1 aliphatic rings. The molecule has 1 fully saturated rings. The Morgan fingerprint density at radius 1 is 1.52 bits per heavy atom. The molecule has 1 aromatic heterocycles. The lowest BCUT2D eigenvalue weighted by molar-refractivity contribution is 0.0724. The van der Waals surface area contributed by atoms with Crippen molar-refractivity contribution in [2.24, 2.45) is 7.05 Å². The first-order chi connectivity index (χ1) is 10.1. The first-order valence-corrected chi connectivity index (χ1v) is 7.95. The van der Waals surface area contributed by atoms with Crippen LogP contribution < -0.4 is 0 Å². The number of rotatable bonds is 4. The molecule has 6 heteroatoms. The minimum absolute atomic E-state index is 0.0296. The van der Waals surface area contributed by atoms with Gasteiger partial charge >= 0.3 is 0 Å². The first kappa shape index (κ1) is 14.6. The number of aromatic nitrogens is 2. The van der Waals surface area contributed by atoms with Crippen LogP contribution in [0.2, 0.25) is 5.02 Å². The van der Waals surface area contributed by atoms with E-state index < -0.39 is 0 Å². The number of carbonyl (C=O) groups excluding carboxylic acids is 1. The highest BCUT2D eigenvalue weighted by Gasteiger charge is 2.34. The van der Waals surface area contributed by atoms with E-state index in [-0.39, 0.29) is 5.91 Å². The Labute approximate surface area is 136 Å². The highest BCUT2D eigenvalue weighted by Crippen LogP contribution is 2.31. The van der Waals surface area contributed by atoms with Gasteiger partial charge in [-0.15, -0.1) is 0 Å². The Hall–Kier alpha value is -1.33. The molecule has 3 rings (SSSR count). The molecule has 21 heavy (non-hydrogen) atoms. The maximum absolute atomic E-state index is 12.8. The van der Waals surface area contributed by atoms with Gasteiger partial charge in [0.15, 0.2) is 0 Å². The second-order valence-corrected chi connectivity index (χ2v) is 6.57. The van der Waals surface area contributed by atoms with Crippen LogP contribution in [0.4, 0.5) is 0 Å². The predicted octanol–water partition coefficient (Wildman–Crippen LogP) is 3.64. The van der Waals surface area contributed by atoms with E-state index in [2.05, 4.69) is 20.9 Å². The third-order valence-corrected chi connectivity index (χ3v) is 4.45. The third-order valence-electron chi connectivity index (χ3n) is 3.64. The van der Waals surface area contributed by atoms with Crippen molar-refractivity contribution in [2.45, 2.75) is 25.4 Å². The van der Waals surface area contributed by atoms with Crippen molar-refractivity contribution in [1.82, 2.24) is 14.5 Å². The SMILES string of the molecule is Cn1ccnc1CN(C(=O)c1ccc(Br)cc1Cl)C1CC1. The van der Waals surface area contributed by atoms with E-state index >= 15 is 0 Å². The van der Waals surface area contributed by atoms with Gasteiger partial charge in [0.1, 0.15) is 5.82 Å². The molecule has 1 amide bonds. The molecule has 1 heterocycles. The number of imidazole rings is 1. The predicted molar refractivity (Wildman–Crippen MR) is 85.3 cm³/mol. The summed E-state index contributed by atoms with van der Waals surface area (Å²) in [5.74, 6) is 0.849. The molecule has 0 atom stereocenters. The van der Waals surface area contributed by atoms with E-state index in [4.69, 9.17) is 11.6 Å². The maximum Gasteiger partial charge on any atom is 0.256 e. The van der Waals surface area contributed by atoms with Crippen LogP contribution in [0, 0.1) is 0 Å². The van der Waals surface area contributed by atoms with Gasteiger partial charge in [-0.2, -0.15) is 0 Å². The minimum atomic E-state index is -0.0296. The summed E-state index contributed by atoms with van der Waals surface area (Å²) < 4.78 is 2.80. The van der Waals surface area contributed by atoms with Crippen LogP contribution >= 0.6 is 27.5 Å². The first-order valence-electron chi connectivity index (χ1n) is 6.78. The normalized spacial score (nSPS) is 14.2. The van der Waals surface area contributed by atoms with Crippen LogP contribution in [0.1, 0.15) is 29.0 Å². The summed E-state index contributed by atoms with van der Waals surface area (Å²) in [4.78, 5) is 19.0. The van der Waals surface area contributed by atoms with Crippen LogP contribution in [-0.2, 0) is 13.6 Å². The van der Waals surface area contributed by atoms with E-state index in [1.807, 2.05) is 28.8 Å². The number of benzene rings is 1. The van der Waals surface area contributed by atoms with Crippen molar-refractivity contribution in [2.75, 3.05) is 0 Å². The second kappa shape index (κ2) is 5.81. The molecule has 0 bridgehead atoms. The molecule has 1 saturated carbocycles. The Morgan fingerprint density at radius 3 is 2.86 bits per heavy atom. The highest BCUT2D eigenvalue weighted by molar-refractivity contribution is 9.10. The van der Waals surface area contributed by atoms with Crippen LogP contribution in [0.25, 0.3) is 0 Å². The zero-order valence-corrected chi connectivity index (χ0v) is 13.9. The molecule has 0 saturated heterocycles. The molecule has 0 N–H and O–H groups in total. The van der Waals surface area contributed by atoms with E-state index in [0.717, 1.165) is 23.1 Å². The monoisotopic (exact) mass is 367 g/mol. The Balaban J connectivity index is 1.87. The lowest BCUT2D eigenvalue weighted by Gasteiger charge is -2.22. The summed E-state index contributed by atoms with van der Waals surface area (Å²) in [6.07, 6.45) is 5.73. The fraction of sp³-hybridized carbons (Fsp3) is 0.333. The Bertz CT molecular complexity index is 681. The lowest BCUT2D eigenvalue weighted by atomic mass is 10.2. The summed E-state index contributed by atoms with van der Waals surface area (Å²) in [5.41, 5.74) is 0.543. The standard InChI is InChI=1S/C15H15BrClN3O/c1-19-7-6-18-14(19)9-20(11-3-4-11)15(21)12-5-2-10(16)8-13(12)17/h2,5-8,11H,3-4,9H2,1H3. The van der Waals surface area contributed by atoms with E-state index in [1.54, 1.807) is 18.3 Å². The van der Waals surface area contributed by atoms with Gasteiger partial charge < -0.3 is 9.47 Å². The molecule has 0 unspecified atom stereocenters. The highest BCUT2D eigenvalue weighted by atomic mass is 79.9. The number of amides is 1. The second-order valence-electron chi connectivity index (χ2n) is 5.24. The van der Waals surface area contributed by atoms with Crippen LogP contribution in [-0.4, -0.2) is 26.4 Å². The van der Waals surface area contributed by atoms with Gasteiger partial charge in [-0.3, -0.25) is 4.79 Å². The van der Waals surface area contributed by atoms with Crippen molar-refractivity contribution in [3.05, 3.63) is 51.5 Å². The zero-order chi connectivity index (χ0) is 15.0. The van der Waals surface area contributed by atoms with Gasteiger partial charge in [0.2, 0.25) is 0 Å². The summed E-state index contributed by atoms with van der Waals surface area (Å²) >= 11 is 9.57. The van der Waals surface area contributed by atoms with Crippen LogP contribution in [0.15, 0.2) is 35.1 Å². The summed E-state index contributed by atoms with van der Waals surface area (Å²) in [5, 5.41) is 0.472. The Kier molecular flexibility index (Phi) is 4.04. The van der Waals surface area contributed by atoms with E-state index in [0.29, 0.717) is 23.2 Å². The maximum atomic E-state index is 12.8. The van der Waals surface area contributed by atoms with Gasteiger partial charge in [0, 0.05) is 30.0 Å². The summed E-state index contributed by atoms with van der Waals surface area (Å²) in [6, 6.07) is 5.66. The van der Waals surface area contributed by atoms with Gasteiger partial charge in [-0.25, -0.2) is 4.98 Å².